The van der Waals surface area contributed by atoms with Crippen molar-refractivity contribution in [2.75, 3.05) is 20.3 Å². The molecule has 5 nitrogen and oxygen atoms in total. The lowest BCUT2D eigenvalue weighted by Gasteiger charge is -2.36. The first-order valence-electron chi connectivity index (χ1n) is 8.09. The summed E-state index contributed by atoms with van der Waals surface area (Å²) in [5.74, 6) is 1.63. The second-order valence-electron chi connectivity index (χ2n) is 7.74. The van der Waals surface area contributed by atoms with Gasteiger partial charge in [-0.2, -0.15) is 0 Å². The van der Waals surface area contributed by atoms with Crippen LogP contribution >= 0.6 is 0 Å². The number of hydrogen-bond donors (Lipinski definition) is 1. The monoisotopic (exact) mass is 326 g/mol. The standard InChI is InChI=1S/C16H30N2O3Si/c1-16(2,3)22(5,6)20-9-7-8-12-10-17-15(21-12)14-13(11-19)18(14)4/h10,13-14,19H,7-9,11H2,1-6H3/t13-,14-,18?/m0/s1. The maximum absolute atomic E-state index is 9.21. The molecule has 3 atom stereocenters. The molecule has 1 fully saturated rings. The highest BCUT2D eigenvalue weighted by molar-refractivity contribution is 6.74. The quantitative estimate of drug-likeness (QED) is 0.474. The number of hydrogen-bond acceptors (Lipinski definition) is 5. The summed E-state index contributed by atoms with van der Waals surface area (Å²) in [7, 11) is 0.325. The number of likely N-dealkylation sites (N-methyl/N-ethyl adjacent to an activating group) is 1. The molecule has 6 heteroatoms. The van der Waals surface area contributed by atoms with Gasteiger partial charge in [0.2, 0.25) is 5.89 Å². The van der Waals surface area contributed by atoms with Crippen LogP contribution in [0, 0.1) is 0 Å². The summed E-state index contributed by atoms with van der Waals surface area (Å²) in [6, 6.07) is 0.302. The fraction of sp³-hybridized carbons (Fsp3) is 0.812. The molecule has 1 unspecified atom stereocenters. The number of nitrogens with zero attached hydrogens (tertiary/aromatic N) is 2. The minimum absolute atomic E-state index is 0.141. The van der Waals surface area contributed by atoms with E-state index < -0.39 is 8.32 Å². The summed E-state index contributed by atoms with van der Waals surface area (Å²) in [6.45, 7) is 12.2. The van der Waals surface area contributed by atoms with Crippen molar-refractivity contribution in [3.63, 3.8) is 0 Å². The lowest BCUT2D eigenvalue weighted by molar-refractivity contribution is 0.277. The van der Waals surface area contributed by atoms with Gasteiger partial charge >= 0.3 is 0 Å². The Hall–Kier alpha value is -0.693. The van der Waals surface area contributed by atoms with Crippen LogP contribution in [0.15, 0.2) is 10.6 Å². The van der Waals surface area contributed by atoms with Crippen molar-refractivity contribution >= 4 is 8.32 Å². The molecule has 1 N–H and O–H groups in total. The van der Waals surface area contributed by atoms with E-state index in [1.807, 2.05) is 13.2 Å². The molecule has 0 saturated carbocycles. The molecule has 1 aliphatic heterocycles. The first kappa shape index (κ1) is 17.7. The van der Waals surface area contributed by atoms with Crippen LogP contribution in [0.25, 0.3) is 0 Å². The van der Waals surface area contributed by atoms with Gasteiger partial charge in [0.05, 0.1) is 18.8 Å². The summed E-state index contributed by atoms with van der Waals surface area (Å²) in [5, 5.41) is 9.46. The molecule has 2 heterocycles. The Bertz CT molecular complexity index is 496. The topological polar surface area (TPSA) is 58.5 Å². The average Bonchev–Trinajstić information content (AvgIpc) is 2.85. The second kappa shape index (κ2) is 6.43. The third-order valence-electron chi connectivity index (χ3n) is 5.08. The van der Waals surface area contributed by atoms with E-state index in [4.69, 9.17) is 8.84 Å². The Morgan fingerprint density at radius 2 is 2.09 bits per heavy atom. The van der Waals surface area contributed by atoms with E-state index in [2.05, 4.69) is 43.7 Å². The van der Waals surface area contributed by atoms with E-state index in [1.165, 1.54) is 0 Å². The number of aliphatic hydroxyl groups excluding tert-OH is 1. The van der Waals surface area contributed by atoms with Crippen LogP contribution in [-0.4, -0.2) is 49.6 Å². The summed E-state index contributed by atoms with van der Waals surface area (Å²) in [4.78, 5) is 6.41. The van der Waals surface area contributed by atoms with E-state index in [9.17, 15) is 5.11 Å². The van der Waals surface area contributed by atoms with Gasteiger partial charge in [-0.15, -0.1) is 0 Å². The molecule has 0 radical (unpaired) electrons. The van der Waals surface area contributed by atoms with E-state index in [1.54, 1.807) is 0 Å². The van der Waals surface area contributed by atoms with E-state index in [-0.39, 0.29) is 23.7 Å². The summed E-state index contributed by atoms with van der Waals surface area (Å²) in [5.41, 5.74) is 0. The summed E-state index contributed by atoms with van der Waals surface area (Å²) >= 11 is 0. The molecular formula is C16H30N2O3Si. The largest absolute Gasteiger partial charge is 0.444 e. The zero-order chi connectivity index (χ0) is 16.5. The predicted molar refractivity (Wildman–Crippen MR) is 89.4 cm³/mol. The highest BCUT2D eigenvalue weighted by atomic mass is 28.4. The third-order valence-corrected chi connectivity index (χ3v) is 9.62. The minimum Gasteiger partial charge on any atom is -0.444 e. The molecule has 1 aromatic heterocycles. The van der Waals surface area contributed by atoms with Crippen molar-refractivity contribution < 1.29 is 13.9 Å². The van der Waals surface area contributed by atoms with Crippen molar-refractivity contribution in [1.29, 1.82) is 0 Å². The van der Waals surface area contributed by atoms with Crippen molar-refractivity contribution in [3.8, 4) is 0 Å². The molecule has 1 aliphatic rings. The first-order chi connectivity index (χ1) is 10.2. The maximum Gasteiger partial charge on any atom is 0.213 e. The van der Waals surface area contributed by atoms with Gasteiger partial charge in [-0.05, 0) is 31.6 Å². The highest BCUT2D eigenvalue weighted by Gasteiger charge is 2.48. The van der Waals surface area contributed by atoms with Gasteiger partial charge in [0.1, 0.15) is 11.8 Å². The lowest BCUT2D eigenvalue weighted by atomic mass is 10.2. The minimum atomic E-state index is -1.65. The van der Waals surface area contributed by atoms with E-state index >= 15 is 0 Å². The normalized spacial score (nSPS) is 25.5. The lowest BCUT2D eigenvalue weighted by Crippen LogP contribution is -2.41. The van der Waals surface area contributed by atoms with Gasteiger partial charge in [-0.25, -0.2) is 4.98 Å². The van der Waals surface area contributed by atoms with Gasteiger partial charge in [-0.1, -0.05) is 20.8 Å². The van der Waals surface area contributed by atoms with Gasteiger partial charge in [0, 0.05) is 13.0 Å². The zero-order valence-corrected chi connectivity index (χ0v) is 15.7. The van der Waals surface area contributed by atoms with Gasteiger partial charge in [0.15, 0.2) is 8.32 Å². The van der Waals surface area contributed by atoms with Crippen LogP contribution in [0.5, 0.6) is 0 Å². The molecule has 1 saturated heterocycles. The molecule has 0 bridgehead atoms. The number of aliphatic hydroxyl groups is 1. The predicted octanol–water partition coefficient (Wildman–Crippen LogP) is 2.98. The van der Waals surface area contributed by atoms with Crippen LogP contribution in [0.2, 0.25) is 18.1 Å². The summed E-state index contributed by atoms with van der Waals surface area (Å²) < 4.78 is 12.0. The average molecular weight is 327 g/mol. The molecule has 0 aliphatic carbocycles. The third kappa shape index (κ3) is 3.79. The van der Waals surface area contributed by atoms with E-state index in [0.29, 0.717) is 0 Å². The number of aromatic nitrogens is 1. The van der Waals surface area contributed by atoms with Crippen LogP contribution in [0.1, 0.15) is 44.9 Å². The highest BCUT2D eigenvalue weighted by Crippen LogP contribution is 2.40. The van der Waals surface area contributed by atoms with Gasteiger partial charge in [0.25, 0.3) is 0 Å². The Kier molecular flexibility index (Phi) is 5.16. The molecule has 1 aromatic rings. The molecule has 0 amide bonds. The molecule has 126 valence electrons. The Morgan fingerprint density at radius 1 is 1.41 bits per heavy atom. The molecular weight excluding hydrogens is 296 g/mol. The SMILES string of the molecule is CN1[C@H](c2ncc(CCCO[Si](C)(C)C(C)(C)C)o2)[C@@H]1CO. The van der Waals surface area contributed by atoms with Gasteiger partial charge < -0.3 is 13.9 Å². The van der Waals surface area contributed by atoms with Crippen LogP contribution in [0.4, 0.5) is 0 Å². The van der Waals surface area contributed by atoms with Crippen molar-refractivity contribution in [1.82, 2.24) is 9.88 Å². The second-order valence-corrected chi connectivity index (χ2v) is 12.5. The van der Waals surface area contributed by atoms with Crippen LogP contribution in [0.3, 0.4) is 0 Å². The van der Waals surface area contributed by atoms with E-state index in [0.717, 1.165) is 31.1 Å². The summed E-state index contributed by atoms with van der Waals surface area (Å²) in [6.07, 6.45) is 3.61. The zero-order valence-electron chi connectivity index (χ0n) is 14.7. The first-order valence-corrected chi connectivity index (χ1v) is 11.0. The smallest absolute Gasteiger partial charge is 0.213 e. The number of rotatable bonds is 7. The maximum atomic E-state index is 9.21. The molecule has 2 rings (SSSR count). The van der Waals surface area contributed by atoms with Crippen LogP contribution < -0.4 is 0 Å². The van der Waals surface area contributed by atoms with Crippen molar-refractivity contribution in [2.24, 2.45) is 0 Å². The number of oxazole rings is 1. The Labute approximate surface area is 134 Å². The van der Waals surface area contributed by atoms with Crippen molar-refractivity contribution in [2.45, 2.75) is 63.8 Å². The fourth-order valence-electron chi connectivity index (χ4n) is 2.34. The van der Waals surface area contributed by atoms with Gasteiger partial charge in [-0.3, -0.25) is 4.90 Å². The Balaban J connectivity index is 1.76. The Morgan fingerprint density at radius 3 is 2.64 bits per heavy atom. The fourth-order valence-corrected chi connectivity index (χ4v) is 3.42. The van der Waals surface area contributed by atoms with Crippen molar-refractivity contribution in [3.05, 3.63) is 17.8 Å². The van der Waals surface area contributed by atoms with Crippen LogP contribution in [-0.2, 0) is 10.8 Å². The molecule has 0 spiro atoms. The number of aryl methyl sites for hydroxylation is 1. The molecule has 0 aromatic carbocycles. The molecule has 22 heavy (non-hydrogen) atoms.